The predicted molar refractivity (Wildman–Crippen MR) is 106 cm³/mol. The number of carbonyl (C=O) groups is 1. The van der Waals surface area contributed by atoms with Crippen molar-refractivity contribution in [2.75, 3.05) is 13.6 Å². The maximum Gasteiger partial charge on any atom is 0.243 e. The standard InChI is InChI=1S/C21H26N2O3S/c1-16-9-12-20(13-17(16)2)27(25,26)22(3)15-21(24)23(19-10-11-19)14-18-7-5-4-6-8-18/h4-9,12-13,19H,10-11,14-15H2,1-3H3. The Labute approximate surface area is 161 Å². The SMILES string of the molecule is Cc1ccc(S(=O)(=O)N(C)CC(=O)N(Cc2ccccc2)C2CC2)cc1C. The highest BCUT2D eigenvalue weighted by molar-refractivity contribution is 7.89. The van der Waals surface area contributed by atoms with Crippen LogP contribution in [0.3, 0.4) is 0 Å². The number of benzene rings is 2. The van der Waals surface area contributed by atoms with Gasteiger partial charge in [-0.05, 0) is 55.5 Å². The van der Waals surface area contributed by atoms with Crippen molar-refractivity contribution in [1.29, 1.82) is 0 Å². The summed E-state index contributed by atoms with van der Waals surface area (Å²) in [5.74, 6) is -0.156. The van der Waals surface area contributed by atoms with E-state index in [0.29, 0.717) is 6.54 Å². The molecule has 0 N–H and O–H groups in total. The number of carbonyl (C=O) groups excluding carboxylic acids is 1. The van der Waals surface area contributed by atoms with Crippen molar-refractivity contribution >= 4 is 15.9 Å². The molecule has 5 nitrogen and oxygen atoms in total. The van der Waals surface area contributed by atoms with Crippen LogP contribution in [-0.4, -0.2) is 43.2 Å². The molecule has 0 spiro atoms. The number of hydrogen-bond acceptors (Lipinski definition) is 3. The molecule has 0 bridgehead atoms. The van der Waals surface area contributed by atoms with Crippen LogP contribution >= 0.6 is 0 Å². The zero-order valence-corrected chi connectivity index (χ0v) is 16.9. The van der Waals surface area contributed by atoms with Crippen molar-refractivity contribution in [3.8, 4) is 0 Å². The van der Waals surface area contributed by atoms with Gasteiger partial charge < -0.3 is 4.90 Å². The largest absolute Gasteiger partial charge is 0.334 e. The molecule has 3 rings (SSSR count). The molecule has 144 valence electrons. The van der Waals surface area contributed by atoms with Crippen LogP contribution in [0.25, 0.3) is 0 Å². The van der Waals surface area contributed by atoms with Crippen LogP contribution in [0.4, 0.5) is 0 Å². The molecule has 0 heterocycles. The molecular weight excluding hydrogens is 360 g/mol. The van der Waals surface area contributed by atoms with Crippen LogP contribution in [-0.2, 0) is 21.4 Å². The number of aryl methyl sites for hydroxylation is 2. The van der Waals surface area contributed by atoms with E-state index in [2.05, 4.69) is 0 Å². The highest BCUT2D eigenvalue weighted by Crippen LogP contribution is 2.29. The minimum absolute atomic E-state index is 0.154. The molecule has 1 aliphatic rings. The van der Waals surface area contributed by atoms with E-state index in [0.717, 1.165) is 33.8 Å². The molecule has 27 heavy (non-hydrogen) atoms. The summed E-state index contributed by atoms with van der Waals surface area (Å²) in [5.41, 5.74) is 3.01. The molecule has 0 unspecified atom stereocenters. The third kappa shape index (κ3) is 4.57. The minimum atomic E-state index is -3.70. The molecule has 0 saturated heterocycles. The lowest BCUT2D eigenvalue weighted by Gasteiger charge is -2.25. The van der Waals surface area contributed by atoms with Crippen LogP contribution in [0.5, 0.6) is 0 Å². The van der Waals surface area contributed by atoms with Gasteiger partial charge in [0, 0.05) is 19.6 Å². The summed E-state index contributed by atoms with van der Waals surface area (Å²) in [6.45, 7) is 4.19. The Morgan fingerprint density at radius 3 is 2.30 bits per heavy atom. The van der Waals surface area contributed by atoms with Crippen LogP contribution < -0.4 is 0 Å². The molecule has 1 saturated carbocycles. The molecule has 6 heteroatoms. The van der Waals surface area contributed by atoms with E-state index in [1.54, 1.807) is 18.2 Å². The van der Waals surface area contributed by atoms with Gasteiger partial charge in [-0.2, -0.15) is 4.31 Å². The molecule has 1 aliphatic carbocycles. The first-order chi connectivity index (χ1) is 12.8. The van der Waals surface area contributed by atoms with Crippen LogP contribution in [0.2, 0.25) is 0 Å². The van der Waals surface area contributed by atoms with E-state index in [-0.39, 0.29) is 23.4 Å². The van der Waals surface area contributed by atoms with Gasteiger partial charge in [-0.3, -0.25) is 4.79 Å². The van der Waals surface area contributed by atoms with Gasteiger partial charge in [0.05, 0.1) is 11.4 Å². The number of sulfonamides is 1. The first kappa shape index (κ1) is 19.6. The lowest BCUT2D eigenvalue weighted by molar-refractivity contribution is -0.132. The molecule has 2 aromatic rings. The zero-order valence-electron chi connectivity index (χ0n) is 16.1. The predicted octanol–water partition coefficient (Wildman–Crippen LogP) is 3.12. The summed E-state index contributed by atoms with van der Waals surface area (Å²) in [6, 6.07) is 15.1. The Morgan fingerprint density at radius 2 is 1.70 bits per heavy atom. The quantitative estimate of drug-likeness (QED) is 0.735. The Kier molecular flexibility index (Phi) is 5.67. The summed E-state index contributed by atoms with van der Waals surface area (Å²) in [5, 5.41) is 0. The topological polar surface area (TPSA) is 57.7 Å². The number of likely N-dealkylation sites (N-methyl/N-ethyl adjacent to an activating group) is 1. The summed E-state index contributed by atoms with van der Waals surface area (Å²) < 4.78 is 26.9. The fraction of sp³-hybridized carbons (Fsp3) is 0.381. The Balaban J connectivity index is 1.73. The van der Waals surface area contributed by atoms with Gasteiger partial charge in [0.1, 0.15) is 0 Å². The smallest absolute Gasteiger partial charge is 0.243 e. The lowest BCUT2D eigenvalue weighted by atomic mass is 10.1. The maximum absolute atomic E-state index is 12.9. The van der Waals surface area contributed by atoms with Gasteiger partial charge in [0.25, 0.3) is 0 Å². The molecule has 0 radical (unpaired) electrons. The molecular formula is C21H26N2O3S. The summed E-state index contributed by atoms with van der Waals surface area (Å²) >= 11 is 0. The first-order valence-electron chi connectivity index (χ1n) is 9.16. The van der Waals surface area contributed by atoms with Crippen molar-refractivity contribution < 1.29 is 13.2 Å². The number of nitrogens with zero attached hydrogens (tertiary/aromatic N) is 2. The van der Waals surface area contributed by atoms with Gasteiger partial charge in [-0.15, -0.1) is 0 Å². The van der Waals surface area contributed by atoms with E-state index in [1.807, 2.05) is 49.1 Å². The highest BCUT2D eigenvalue weighted by atomic mass is 32.2. The second kappa shape index (κ2) is 7.82. The van der Waals surface area contributed by atoms with Gasteiger partial charge in [-0.25, -0.2) is 8.42 Å². The third-order valence-electron chi connectivity index (χ3n) is 5.05. The molecule has 1 fully saturated rings. The first-order valence-corrected chi connectivity index (χ1v) is 10.6. The van der Waals surface area contributed by atoms with Gasteiger partial charge in [-0.1, -0.05) is 36.4 Å². The summed E-state index contributed by atoms with van der Waals surface area (Å²) in [7, 11) is -2.23. The van der Waals surface area contributed by atoms with E-state index in [4.69, 9.17) is 0 Å². The number of amides is 1. The molecule has 0 aliphatic heterocycles. The Bertz CT molecular complexity index is 922. The van der Waals surface area contributed by atoms with E-state index < -0.39 is 10.0 Å². The van der Waals surface area contributed by atoms with Crippen molar-refractivity contribution in [3.05, 3.63) is 65.2 Å². The molecule has 0 aromatic heterocycles. The monoisotopic (exact) mass is 386 g/mol. The zero-order chi connectivity index (χ0) is 19.6. The Morgan fingerprint density at radius 1 is 1.04 bits per heavy atom. The van der Waals surface area contributed by atoms with Crippen LogP contribution in [0.1, 0.15) is 29.5 Å². The average Bonchev–Trinajstić information content (AvgIpc) is 3.47. The van der Waals surface area contributed by atoms with Crippen LogP contribution in [0.15, 0.2) is 53.4 Å². The van der Waals surface area contributed by atoms with E-state index >= 15 is 0 Å². The molecule has 0 atom stereocenters. The fourth-order valence-electron chi connectivity index (χ4n) is 3.01. The molecule has 2 aromatic carbocycles. The van der Waals surface area contributed by atoms with Gasteiger partial charge >= 0.3 is 0 Å². The normalized spacial score (nSPS) is 14.4. The second-order valence-electron chi connectivity index (χ2n) is 7.25. The summed E-state index contributed by atoms with van der Waals surface area (Å²) in [4.78, 5) is 14.9. The molecule has 1 amide bonds. The van der Waals surface area contributed by atoms with E-state index in [9.17, 15) is 13.2 Å². The van der Waals surface area contributed by atoms with Gasteiger partial charge in [0.2, 0.25) is 15.9 Å². The number of rotatable bonds is 7. The van der Waals surface area contributed by atoms with Crippen LogP contribution in [0, 0.1) is 13.8 Å². The Hall–Kier alpha value is -2.18. The fourth-order valence-corrected chi connectivity index (χ4v) is 4.21. The van der Waals surface area contributed by atoms with Gasteiger partial charge in [0.15, 0.2) is 0 Å². The average molecular weight is 387 g/mol. The van der Waals surface area contributed by atoms with E-state index in [1.165, 1.54) is 7.05 Å². The van der Waals surface area contributed by atoms with Crippen molar-refractivity contribution in [3.63, 3.8) is 0 Å². The number of hydrogen-bond donors (Lipinski definition) is 0. The van der Waals surface area contributed by atoms with Crippen molar-refractivity contribution in [2.24, 2.45) is 0 Å². The van der Waals surface area contributed by atoms with Crippen molar-refractivity contribution in [2.45, 2.75) is 44.2 Å². The summed E-state index contributed by atoms with van der Waals surface area (Å²) in [6.07, 6.45) is 1.96. The third-order valence-corrected chi connectivity index (χ3v) is 6.85. The second-order valence-corrected chi connectivity index (χ2v) is 9.29. The highest BCUT2D eigenvalue weighted by Gasteiger charge is 2.34. The maximum atomic E-state index is 12.9. The van der Waals surface area contributed by atoms with Crippen molar-refractivity contribution in [1.82, 2.24) is 9.21 Å². The minimum Gasteiger partial charge on any atom is -0.334 e. The lowest BCUT2D eigenvalue weighted by Crippen LogP contribution is -2.41.